The fourth-order valence-corrected chi connectivity index (χ4v) is 0.110. The van der Waals surface area contributed by atoms with Gasteiger partial charge in [0.25, 0.3) is 0 Å². The molecule has 0 aliphatic carbocycles. The number of rotatable bonds is 2. The van der Waals surface area contributed by atoms with Crippen molar-refractivity contribution in [2.75, 3.05) is 0 Å². The predicted octanol–water partition coefficient (Wildman–Crippen LogP) is -1.33. The molecule has 0 saturated heterocycles. The number of hydrogen-bond donors (Lipinski definition) is 1. The van der Waals surface area contributed by atoms with Crippen molar-refractivity contribution in [2.24, 2.45) is 0 Å². The summed E-state index contributed by atoms with van der Waals surface area (Å²) < 4.78 is 0. The third-order valence-corrected chi connectivity index (χ3v) is 0.362. The second-order valence-corrected chi connectivity index (χ2v) is 0.811. The van der Waals surface area contributed by atoms with E-state index in [0.29, 0.717) is 6.19 Å². The molecule has 5 heteroatoms. The SMILES string of the molecule is [B]NC(=O)[B]C=O. The first-order valence-corrected chi connectivity index (χ1v) is 1.60. The van der Waals surface area contributed by atoms with Crippen LogP contribution >= 0.6 is 0 Å². The van der Waals surface area contributed by atoms with Crippen LogP contribution in [0, 0.1) is 0 Å². The number of hydrogen-bond acceptors (Lipinski definition) is 2. The van der Waals surface area contributed by atoms with Crippen molar-refractivity contribution in [2.45, 2.75) is 0 Å². The van der Waals surface area contributed by atoms with E-state index < -0.39 is 5.81 Å². The lowest BCUT2D eigenvalue weighted by molar-refractivity contribution is 0.263. The Morgan fingerprint density at radius 1 is 1.86 bits per heavy atom. The molecule has 0 aliphatic heterocycles. The van der Waals surface area contributed by atoms with E-state index in [4.69, 9.17) is 0 Å². The summed E-state index contributed by atoms with van der Waals surface area (Å²) in [7, 11) is 5.36. The highest BCUT2D eigenvalue weighted by Crippen LogP contribution is 1.55. The minimum absolute atomic E-state index is 0.363. The van der Waals surface area contributed by atoms with E-state index in [2.05, 4.69) is 7.98 Å². The van der Waals surface area contributed by atoms with Gasteiger partial charge in [0.05, 0.1) is 6.19 Å². The van der Waals surface area contributed by atoms with Gasteiger partial charge in [-0.15, -0.1) is 0 Å². The summed E-state index contributed by atoms with van der Waals surface area (Å²) in [5.41, 5.74) is 0. The molecule has 0 aromatic rings. The van der Waals surface area contributed by atoms with Gasteiger partial charge in [0.1, 0.15) is 0 Å². The molecule has 7 heavy (non-hydrogen) atoms. The summed E-state index contributed by atoms with van der Waals surface area (Å²) in [6.45, 7) is 0. The van der Waals surface area contributed by atoms with E-state index in [1.54, 1.807) is 5.23 Å². The summed E-state index contributed by atoms with van der Waals surface area (Å²) in [6.07, 6.45) is 0.363. The van der Waals surface area contributed by atoms with Crippen LogP contribution in [0.5, 0.6) is 0 Å². The molecule has 1 amide bonds. The van der Waals surface area contributed by atoms with Gasteiger partial charge in [-0.2, -0.15) is 0 Å². The second-order valence-electron chi connectivity index (χ2n) is 0.811. The first-order chi connectivity index (χ1) is 3.31. The van der Waals surface area contributed by atoms with Gasteiger partial charge in [0, 0.05) is 0 Å². The van der Waals surface area contributed by atoms with Gasteiger partial charge in [0.2, 0.25) is 7.98 Å². The molecule has 0 unspecified atom stereocenters. The number of amides is 1. The Balaban J connectivity index is 3.17. The lowest BCUT2D eigenvalue weighted by atomic mass is 9.80. The number of carbonyl (C=O) groups excluding carboxylic acids is 2. The van der Waals surface area contributed by atoms with Crippen LogP contribution < -0.4 is 5.23 Å². The van der Waals surface area contributed by atoms with Crippen LogP contribution in [0.1, 0.15) is 0 Å². The van der Waals surface area contributed by atoms with E-state index in [1.165, 1.54) is 0 Å². The molecule has 0 rings (SSSR count). The average Bonchev–Trinajstić information content (AvgIpc) is 1.68. The van der Waals surface area contributed by atoms with E-state index in [9.17, 15) is 9.59 Å². The molecule has 0 spiro atoms. The largest absolute Gasteiger partial charge is 0.418 e. The zero-order valence-corrected chi connectivity index (χ0v) is 3.55. The molecule has 0 aliphatic rings. The van der Waals surface area contributed by atoms with Crippen molar-refractivity contribution in [3.63, 3.8) is 0 Å². The molecule has 0 aromatic heterocycles. The molecule has 0 atom stereocenters. The lowest BCUT2D eigenvalue weighted by Crippen LogP contribution is -2.24. The monoisotopic (exact) mass is 94.0 g/mol. The standard InChI is InChI=1S/C2H2B2NO2/c3-5-2(7)4-1-6/h1H,(H,5,7). The van der Waals surface area contributed by atoms with Gasteiger partial charge in [-0.3, -0.25) is 4.79 Å². The van der Waals surface area contributed by atoms with Gasteiger partial charge in [-0.1, -0.05) is 0 Å². The maximum atomic E-state index is 9.89. The van der Waals surface area contributed by atoms with E-state index in [1.807, 2.05) is 0 Å². The van der Waals surface area contributed by atoms with Crippen LogP contribution in [-0.2, 0) is 4.79 Å². The first kappa shape index (κ1) is 6.27. The summed E-state index contributed by atoms with van der Waals surface area (Å²) in [5.74, 6) is -0.588. The topological polar surface area (TPSA) is 46.2 Å². The van der Waals surface area contributed by atoms with Crippen LogP contribution in [0.15, 0.2) is 0 Å². The van der Waals surface area contributed by atoms with Crippen LogP contribution in [0.4, 0.5) is 4.79 Å². The van der Waals surface area contributed by atoms with E-state index in [-0.39, 0.29) is 0 Å². The molecule has 0 bridgehead atoms. The molecular formula is C2H2B2NO2. The van der Waals surface area contributed by atoms with Crippen LogP contribution in [0.2, 0.25) is 0 Å². The maximum absolute atomic E-state index is 9.89. The first-order valence-electron chi connectivity index (χ1n) is 1.60. The summed E-state index contributed by atoms with van der Waals surface area (Å²) in [6, 6.07) is 0. The molecule has 1 N–H and O–H groups in total. The number of carbonyl (C=O) groups is 2. The normalized spacial score (nSPS) is 6.86. The quantitative estimate of drug-likeness (QED) is 0.340. The predicted molar refractivity (Wildman–Crippen MR) is 26.8 cm³/mol. The summed E-state index contributed by atoms with van der Waals surface area (Å²) >= 11 is 0. The van der Waals surface area contributed by atoms with Crippen molar-refractivity contribution < 1.29 is 9.59 Å². The Morgan fingerprint density at radius 2 is 2.43 bits per heavy atom. The zero-order chi connectivity index (χ0) is 5.70. The highest BCUT2D eigenvalue weighted by atomic mass is 16.1. The Hall–Kier alpha value is -0.730. The average molecular weight is 93.7 g/mol. The van der Waals surface area contributed by atoms with E-state index >= 15 is 0 Å². The second kappa shape index (κ2) is 3.46. The molecule has 0 aromatic carbocycles. The molecular weight excluding hydrogens is 91.7 g/mol. The van der Waals surface area contributed by atoms with Crippen molar-refractivity contribution in [3.8, 4) is 0 Å². The van der Waals surface area contributed by atoms with Gasteiger partial charge < -0.3 is 10.0 Å². The van der Waals surface area contributed by atoms with Crippen LogP contribution in [-0.4, -0.2) is 27.3 Å². The molecule has 0 saturated carbocycles. The fourth-order valence-electron chi connectivity index (χ4n) is 0.110. The van der Waals surface area contributed by atoms with Crippen molar-refractivity contribution in [1.29, 1.82) is 0 Å². The molecule has 3 radical (unpaired) electrons. The summed E-state index contributed by atoms with van der Waals surface area (Å²) in [4.78, 5) is 19.3. The smallest absolute Gasteiger partial charge is 0.314 e. The van der Waals surface area contributed by atoms with Crippen molar-refractivity contribution >= 4 is 27.3 Å². The fraction of sp³-hybridized carbons (Fsp3) is 0. The Bertz CT molecular complexity index is 83.8. The highest BCUT2D eigenvalue weighted by Gasteiger charge is 1.94. The Labute approximate surface area is 43.1 Å². The van der Waals surface area contributed by atoms with Crippen LogP contribution in [0.3, 0.4) is 0 Å². The van der Waals surface area contributed by atoms with E-state index in [0.717, 1.165) is 7.28 Å². The zero-order valence-electron chi connectivity index (χ0n) is 3.55. The minimum Gasteiger partial charge on any atom is -0.418 e. The molecule has 0 fully saturated rings. The highest BCUT2D eigenvalue weighted by molar-refractivity contribution is 6.93. The van der Waals surface area contributed by atoms with Gasteiger partial charge in [-0.25, -0.2) is 0 Å². The van der Waals surface area contributed by atoms with Crippen LogP contribution in [0.25, 0.3) is 0 Å². The third-order valence-electron chi connectivity index (χ3n) is 0.362. The number of nitrogens with one attached hydrogen (secondary N) is 1. The van der Waals surface area contributed by atoms with Gasteiger partial charge >= 0.3 is 7.28 Å². The lowest BCUT2D eigenvalue weighted by Gasteiger charge is -1.85. The van der Waals surface area contributed by atoms with Crippen molar-refractivity contribution in [3.05, 3.63) is 0 Å². The summed E-state index contributed by atoms with van der Waals surface area (Å²) in [5, 5.41) is 1.74. The van der Waals surface area contributed by atoms with Gasteiger partial charge in [0.15, 0.2) is 5.81 Å². The van der Waals surface area contributed by atoms with Crippen molar-refractivity contribution in [1.82, 2.24) is 5.23 Å². The Kier molecular flexibility index (Phi) is 3.10. The Morgan fingerprint density at radius 3 is 2.57 bits per heavy atom. The molecule has 0 heterocycles. The molecule has 3 nitrogen and oxygen atoms in total. The molecule has 33 valence electrons. The van der Waals surface area contributed by atoms with Gasteiger partial charge in [-0.05, 0) is 0 Å². The third kappa shape index (κ3) is 3.09. The minimum atomic E-state index is -0.588. The maximum Gasteiger partial charge on any atom is 0.314 e.